The molecule has 2 nitrogen and oxygen atoms in total. The summed E-state index contributed by atoms with van der Waals surface area (Å²) in [6, 6.07) is 0. The molecule has 0 rings (SSSR count). The van der Waals surface area contributed by atoms with Gasteiger partial charge in [0.15, 0.2) is 0 Å². The van der Waals surface area contributed by atoms with Gasteiger partial charge in [-0.1, -0.05) is 20.3 Å². The highest BCUT2D eigenvalue weighted by Gasteiger charge is 1.96. The summed E-state index contributed by atoms with van der Waals surface area (Å²) in [6.45, 7) is 4.88. The van der Waals surface area contributed by atoms with Crippen molar-refractivity contribution in [3.63, 3.8) is 0 Å². The van der Waals surface area contributed by atoms with Crippen molar-refractivity contribution >= 4 is 0 Å². The van der Waals surface area contributed by atoms with Crippen molar-refractivity contribution in [1.29, 1.82) is 0 Å². The van der Waals surface area contributed by atoms with Gasteiger partial charge in [-0.3, -0.25) is 0 Å². The van der Waals surface area contributed by atoms with Gasteiger partial charge in [-0.2, -0.15) is 0 Å². The highest BCUT2D eigenvalue weighted by atomic mass is 16.6. The van der Waals surface area contributed by atoms with Gasteiger partial charge in [0.05, 0.1) is 0 Å². The van der Waals surface area contributed by atoms with Crippen LogP contribution in [0.2, 0.25) is 0 Å². The summed E-state index contributed by atoms with van der Waals surface area (Å²) in [5.74, 6) is 0.719. The minimum Gasteiger partial charge on any atom is -0.371 e. The molecule has 1 unspecified atom stereocenters. The number of ether oxygens (including phenoxy) is 1. The van der Waals surface area contributed by atoms with E-state index in [0.29, 0.717) is 6.61 Å². The molecule has 0 radical (unpaired) electrons. The van der Waals surface area contributed by atoms with E-state index >= 15 is 0 Å². The van der Waals surface area contributed by atoms with E-state index in [2.05, 4.69) is 13.8 Å². The van der Waals surface area contributed by atoms with Crippen molar-refractivity contribution in [3.05, 3.63) is 0 Å². The second-order valence-electron chi connectivity index (χ2n) is 2.34. The van der Waals surface area contributed by atoms with Crippen LogP contribution in [0.15, 0.2) is 0 Å². The molecule has 0 aromatic heterocycles. The van der Waals surface area contributed by atoms with E-state index in [1.54, 1.807) is 0 Å². The van der Waals surface area contributed by atoms with Gasteiger partial charge >= 0.3 is 0 Å². The molecule has 0 aromatic carbocycles. The molecule has 0 saturated heterocycles. The molecular weight excluding hydrogens is 116 g/mol. The summed E-state index contributed by atoms with van der Waals surface area (Å²) in [6.07, 6.45) is 2.24. The van der Waals surface area contributed by atoms with Crippen LogP contribution in [0.5, 0.6) is 0 Å². The molecular formula is C7H16O2. The molecule has 0 saturated carbocycles. The number of hydrogen-bond donors (Lipinski definition) is 1. The molecule has 0 aliphatic carbocycles. The first-order chi connectivity index (χ1) is 4.31. The van der Waals surface area contributed by atoms with Crippen LogP contribution in [-0.2, 0) is 4.74 Å². The third-order valence-corrected chi connectivity index (χ3v) is 1.54. The lowest BCUT2D eigenvalue weighted by Crippen LogP contribution is -2.01. The van der Waals surface area contributed by atoms with Crippen molar-refractivity contribution in [2.24, 2.45) is 5.92 Å². The Morgan fingerprint density at radius 1 is 1.56 bits per heavy atom. The molecule has 0 heterocycles. The summed E-state index contributed by atoms with van der Waals surface area (Å²) in [7, 11) is 0. The van der Waals surface area contributed by atoms with Crippen LogP contribution in [0.1, 0.15) is 26.7 Å². The Morgan fingerprint density at radius 3 is 2.67 bits per heavy atom. The van der Waals surface area contributed by atoms with E-state index in [1.165, 1.54) is 6.42 Å². The Labute approximate surface area is 56.8 Å². The van der Waals surface area contributed by atoms with Gasteiger partial charge in [0.25, 0.3) is 0 Å². The van der Waals surface area contributed by atoms with Crippen molar-refractivity contribution in [2.75, 3.05) is 13.4 Å². The summed E-state index contributed by atoms with van der Waals surface area (Å²) in [4.78, 5) is 0. The topological polar surface area (TPSA) is 29.5 Å². The van der Waals surface area contributed by atoms with Crippen molar-refractivity contribution in [2.45, 2.75) is 26.7 Å². The van der Waals surface area contributed by atoms with E-state index in [0.717, 1.165) is 12.3 Å². The predicted octanol–water partition coefficient (Wildman–Crippen LogP) is 1.39. The molecule has 0 aliphatic rings. The van der Waals surface area contributed by atoms with Crippen LogP contribution in [0.3, 0.4) is 0 Å². The van der Waals surface area contributed by atoms with Crippen molar-refractivity contribution in [3.8, 4) is 0 Å². The normalized spacial score (nSPS) is 13.7. The Balaban J connectivity index is 2.88. The molecule has 1 N–H and O–H groups in total. The molecule has 0 bridgehead atoms. The maximum absolute atomic E-state index is 8.23. The van der Waals surface area contributed by atoms with E-state index in [-0.39, 0.29) is 6.79 Å². The molecule has 0 spiro atoms. The lowest BCUT2D eigenvalue weighted by Gasteiger charge is -2.06. The number of aliphatic hydroxyl groups excluding tert-OH is 1. The van der Waals surface area contributed by atoms with Crippen molar-refractivity contribution in [1.82, 2.24) is 0 Å². The molecule has 1 atom stereocenters. The molecule has 0 fully saturated rings. The largest absolute Gasteiger partial charge is 0.371 e. The minimum absolute atomic E-state index is 0.142. The predicted molar refractivity (Wildman–Crippen MR) is 37.1 cm³/mol. The highest BCUT2D eigenvalue weighted by molar-refractivity contribution is 4.46. The first-order valence-corrected chi connectivity index (χ1v) is 3.49. The Hall–Kier alpha value is -0.0800. The van der Waals surface area contributed by atoms with Gasteiger partial charge in [0.2, 0.25) is 0 Å². The molecule has 0 aromatic rings. The van der Waals surface area contributed by atoms with Gasteiger partial charge in [-0.05, 0) is 12.3 Å². The average Bonchev–Trinajstić information content (AvgIpc) is 1.89. The van der Waals surface area contributed by atoms with Crippen LogP contribution < -0.4 is 0 Å². The fraction of sp³-hybridized carbons (Fsp3) is 1.00. The standard InChI is InChI=1S/C7H16O2/c1-3-7(2)4-5-9-6-8/h7-8H,3-6H2,1-2H3. The lowest BCUT2D eigenvalue weighted by molar-refractivity contribution is -0.00606. The third-order valence-electron chi connectivity index (χ3n) is 1.54. The number of rotatable bonds is 5. The SMILES string of the molecule is CCC(C)CCOCO. The molecule has 9 heavy (non-hydrogen) atoms. The quantitative estimate of drug-likeness (QED) is 0.452. The Bertz CT molecular complexity index is 54.9. The average molecular weight is 132 g/mol. The lowest BCUT2D eigenvalue weighted by atomic mass is 10.1. The number of aliphatic hydroxyl groups is 1. The van der Waals surface area contributed by atoms with Gasteiger partial charge in [-0.25, -0.2) is 0 Å². The summed E-state index contributed by atoms with van der Waals surface area (Å²) >= 11 is 0. The molecule has 0 aliphatic heterocycles. The fourth-order valence-electron chi connectivity index (χ4n) is 0.553. The molecule has 56 valence electrons. The van der Waals surface area contributed by atoms with Gasteiger partial charge in [-0.15, -0.1) is 0 Å². The van der Waals surface area contributed by atoms with E-state index in [4.69, 9.17) is 9.84 Å². The number of hydrogen-bond acceptors (Lipinski definition) is 2. The van der Waals surface area contributed by atoms with Crippen LogP contribution >= 0.6 is 0 Å². The third kappa shape index (κ3) is 5.80. The second-order valence-corrected chi connectivity index (χ2v) is 2.34. The molecule has 0 amide bonds. The maximum Gasteiger partial charge on any atom is 0.143 e. The Kier molecular flexibility index (Phi) is 5.99. The second kappa shape index (κ2) is 6.05. The van der Waals surface area contributed by atoms with Gasteiger partial charge in [0.1, 0.15) is 6.79 Å². The molecule has 2 heteroatoms. The van der Waals surface area contributed by atoms with Crippen LogP contribution in [0, 0.1) is 5.92 Å². The zero-order chi connectivity index (χ0) is 7.11. The fourth-order valence-corrected chi connectivity index (χ4v) is 0.553. The minimum atomic E-state index is -0.142. The van der Waals surface area contributed by atoms with E-state index < -0.39 is 0 Å². The van der Waals surface area contributed by atoms with Crippen molar-refractivity contribution < 1.29 is 9.84 Å². The first-order valence-electron chi connectivity index (χ1n) is 3.49. The zero-order valence-corrected chi connectivity index (χ0v) is 6.26. The summed E-state index contributed by atoms with van der Waals surface area (Å²) < 4.78 is 4.76. The monoisotopic (exact) mass is 132 g/mol. The summed E-state index contributed by atoms with van der Waals surface area (Å²) in [5, 5.41) is 8.23. The highest BCUT2D eigenvalue weighted by Crippen LogP contribution is 2.05. The van der Waals surface area contributed by atoms with Crippen LogP contribution in [0.4, 0.5) is 0 Å². The Morgan fingerprint density at radius 2 is 2.22 bits per heavy atom. The van der Waals surface area contributed by atoms with Crippen LogP contribution in [0.25, 0.3) is 0 Å². The van der Waals surface area contributed by atoms with Crippen LogP contribution in [-0.4, -0.2) is 18.5 Å². The smallest absolute Gasteiger partial charge is 0.143 e. The van der Waals surface area contributed by atoms with Gasteiger partial charge < -0.3 is 9.84 Å². The van der Waals surface area contributed by atoms with E-state index in [9.17, 15) is 0 Å². The zero-order valence-electron chi connectivity index (χ0n) is 6.26. The maximum atomic E-state index is 8.23. The first kappa shape index (κ1) is 8.92. The van der Waals surface area contributed by atoms with Gasteiger partial charge in [0, 0.05) is 6.61 Å². The van der Waals surface area contributed by atoms with E-state index in [1.807, 2.05) is 0 Å². The summed E-state index contributed by atoms with van der Waals surface area (Å²) in [5.41, 5.74) is 0.